The number of nitrogens with two attached hydrogens (primary N) is 1. The minimum atomic E-state index is -3.00. The van der Waals surface area contributed by atoms with E-state index in [0.717, 1.165) is 0 Å². The summed E-state index contributed by atoms with van der Waals surface area (Å²) in [5.41, 5.74) is 2.64. The maximum absolute atomic E-state index is 12.5. The van der Waals surface area contributed by atoms with Gasteiger partial charge in [0.2, 0.25) is 11.2 Å². The van der Waals surface area contributed by atoms with Crippen molar-refractivity contribution >= 4 is 5.82 Å². The fourth-order valence-electron chi connectivity index (χ4n) is 0.696. The summed E-state index contributed by atoms with van der Waals surface area (Å²) in [6.07, 6.45) is -2.30. The zero-order valence-electron chi connectivity index (χ0n) is 5.77. The van der Waals surface area contributed by atoms with Gasteiger partial charge in [0, 0.05) is 6.20 Å². The van der Waals surface area contributed by atoms with E-state index in [9.17, 15) is 18.0 Å². The topological polar surface area (TPSA) is 58.9 Å². The second-order valence-electron chi connectivity index (χ2n) is 2.10. The molecule has 0 unspecified atom stereocenters. The molecule has 1 aromatic heterocycles. The van der Waals surface area contributed by atoms with Gasteiger partial charge in [-0.1, -0.05) is 0 Å². The van der Waals surface area contributed by atoms with Gasteiger partial charge in [0.1, 0.15) is 5.82 Å². The summed E-state index contributed by atoms with van der Waals surface area (Å²) < 4.78 is 36.4. The summed E-state index contributed by atoms with van der Waals surface area (Å²) >= 11 is 0. The van der Waals surface area contributed by atoms with Gasteiger partial charge in [-0.15, -0.1) is 0 Å². The highest BCUT2D eigenvalue weighted by Gasteiger charge is 2.16. The van der Waals surface area contributed by atoms with Crippen molar-refractivity contribution in [2.45, 2.75) is 6.43 Å². The first-order valence-electron chi connectivity index (χ1n) is 2.98. The van der Waals surface area contributed by atoms with Crippen molar-refractivity contribution in [2.24, 2.45) is 0 Å². The van der Waals surface area contributed by atoms with Crippen molar-refractivity contribution in [3.63, 3.8) is 0 Å². The molecule has 6 heteroatoms. The fraction of sp³-hybridized carbons (Fsp3) is 0.167. The van der Waals surface area contributed by atoms with Crippen molar-refractivity contribution in [1.29, 1.82) is 0 Å². The molecule has 0 bridgehead atoms. The number of hydrogen-bond acceptors (Lipinski definition) is 2. The highest BCUT2D eigenvalue weighted by atomic mass is 19.3. The summed E-state index contributed by atoms with van der Waals surface area (Å²) in [6, 6.07) is 0. The van der Waals surface area contributed by atoms with Crippen LogP contribution in [0.2, 0.25) is 0 Å². The minimum absolute atomic E-state index is 0.538. The van der Waals surface area contributed by atoms with Gasteiger partial charge in [-0.25, -0.2) is 8.78 Å². The number of alkyl halides is 2. The highest BCUT2D eigenvalue weighted by molar-refractivity contribution is 5.32. The van der Waals surface area contributed by atoms with Gasteiger partial charge < -0.3 is 10.7 Å². The number of aromatic nitrogens is 1. The van der Waals surface area contributed by atoms with Crippen molar-refractivity contribution in [3.05, 3.63) is 27.8 Å². The van der Waals surface area contributed by atoms with Gasteiger partial charge >= 0.3 is 0 Å². The van der Waals surface area contributed by atoms with Gasteiger partial charge in [-0.2, -0.15) is 4.39 Å². The molecule has 1 aromatic rings. The molecule has 0 radical (unpaired) electrons. The quantitative estimate of drug-likeness (QED) is 0.674. The third-order valence-electron chi connectivity index (χ3n) is 1.32. The first-order chi connectivity index (χ1) is 5.54. The van der Waals surface area contributed by atoms with Crippen LogP contribution in [0.15, 0.2) is 11.0 Å². The van der Waals surface area contributed by atoms with E-state index < -0.39 is 29.1 Å². The molecule has 66 valence electrons. The average molecular weight is 178 g/mol. The Balaban J connectivity index is 3.37. The summed E-state index contributed by atoms with van der Waals surface area (Å²) in [7, 11) is 0. The summed E-state index contributed by atoms with van der Waals surface area (Å²) in [4.78, 5) is 12.7. The fourth-order valence-corrected chi connectivity index (χ4v) is 0.696. The smallest absolute Gasteiger partial charge is 0.269 e. The molecule has 0 aliphatic carbocycles. The lowest BCUT2D eigenvalue weighted by atomic mass is 10.3. The van der Waals surface area contributed by atoms with Crippen molar-refractivity contribution < 1.29 is 13.2 Å². The predicted octanol–water partition coefficient (Wildman–Crippen LogP) is 1.03. The van der Waals surface area contributed by atoms with Crippen LogP contribution in [-0.4, -0.2) is 4.98 Å². The Morgan fingerprint density at radius 3 is 2.58 bits per heavy atom. The van der Waals surface area contributed by atoms with Crippen LogP contribution in [0.1, 0.15) is 12.0 Å². The molecule has 0 saturated heterocycles. The Morgan fingerprint density at radius 2 is 2.08 bits per heavy atom. The van der Waals surface area contributed by atoms with Gasteiger partial charge in [0.05, 0.1) is 5.56 Å². The Morgan fingerprint density at radius 1 is 1.50 bits per heavy atom. The average Bonchev–Trinajstić information content (AvgIpc) is 2.00. The van der Waals surface area contributed by atoms with E-state index in [2.05, 4.69) is 0 Å². The van der Waals surface area contributed by atoms with Crippen LogP contribution in [0.5, 0.6) is 0 Å². The van der Waals surface area contributed by atoms with E-state index >= 15 is 0 Å². The molecule has 0 atom stereocenters. The van der Waals surface area contributed by atoms with Crippen LogP contribution in [0.25, 0.3) is 0 Å². The Labute approximate surface area is 65.0 Å². The van der Waals surface area contributed by atoms with Crippen LogP contribution < -0.4 is 11.2 Å². The van der Waals surface area contributed by atoms with Crippen molar-refractivity contribution in [3.8, 4) is 0 Å². The normalized spacial score (nSPS) is 10.7. The van der Waals surface area contributed by atoms with Gasteiger partial charge in [-0.3, -0.25) is 4.79 Å². The van der Waals surface area contributed by atoms with E-state index in [-0.39, 0.29) is 0 Å². The number of anilines is 1. The summed E-state index contributed by atoms with van der Waals surface area (Å²) in [6.45, 7) is 0. The third-order valence-corrected chi connectivity index (χ3v) is 1.32. The molecule has 0 fully saturated rings. The number of nitrogens with one attached hydrogen (secondary N) is 1. The number of H-pyrrole nitrogens is 1. The van der Waals surface area contributed by atoms with Gasteiger partial charge in [0.25, 0.3) is 6.43 Å². The second kappa shape index (κ2) is 2.88. The largest absolute Gasteiger partial charge is 0.383 e. The minimum Gasteiger partial charge on any atom is -0.383 e. The highest BCUT2D eigenvalue weighted by Crippen LogP contribution is 2.14. The lowest BCUT2D eigenvalue weighted by molar-refractivity contribution is 0.149. The van der Waals surface area contributed by atoms with Crippen LogP contribution in [0.3, 0.4) is 0 Å². The molecule has 1 rings (SSSR count). The Kier molecular flexibility index (Phi) is 2.07. The molecule has 0 aliphatic heterocycles. The number of aromatic amines is 1. The molecule has 3 N–H and O–H groups in total. The molecular weight excluding hydrogens is 173 g/mol. The molecule has 0 spiro atoms. The summed E-state index contributed by atoms with van der Waals surface area (Å²) in [5.74, 6) is -1.91. The van der Waals surface area contributed by atoms with Crippen LogP contribution in [0, 0.1) is 5.82 Å². The zero-order valence-corrected chi connectivity index (χ0v) is 5.77. The zero-order chi connectivity index (χ0) is 9.30. The Hall–Kier alpha value is -1.46. The second-order valence-corrected chi connectivity index (χ2v) is 2.10. The molecule has 12 heavy (non-hydrogen) atoms. The van der Waals surface area contributed by atoms with E-state index in [0.29, 0.717) is 6.20 Å². The molecular formula is C6H5F3N2O. The molecule has 1 heterocycles. The molecule has 0 aliphatic rings. The lowest BCUT2D eigenvalue weighted by Gasteiger charge is -1.99. The van der Waals surface area contributed by atoms with Crippen molar-refractivity contribution in [2.75, 3.05) is 5.73 Å². The maximum Gasteiger partial charge on any atom is 0.269 e. The first-order valence-corrected chi connectivity index (χ1v) is 2.98. The van der Waals surface area contributed by atoms with E-state index in [1.54, 1.807) is 0 Å². The number of nitrogen functional groups attached to an aromatic ring is 1. The van der Waals surface area contributed by atoms with E-state index in [1.165, 1.54) is 0 Å². The number of halogens is 3. The number of rotatable bonds is 1. The summed E-state index contributed by atoms with van der Waals surface area (Å²) in [5, 5.41) is 0. The van der Waals surface area contributed by atoms with E-state index in [4.69, 9.17) is 5.73 Å². The van der Waals surface area contributed by atoms with Crippen LogP contribution >= 0.6 is 0 Å². The lowest BCUT2D eigenvalue weighted by Crippen LogP contribution is -2.16. The number of hydrogen-bond donors (Lipinski definition) is 2. The number of pyridine rings is 1. The standard InChI is InChI=1S/C6H5F3N2O/c7-3-4(12)2(5(8)9)1-11-6(3)10/h1,5H,(H3,10,11,12). The first kappa shape index (κ1) is 8.63. The SMILES string of the molecule is Nc1[nH]cc(C(F)F)c(=O)c1F. The predicted molar refractivity (Wildman–Crippen MR) is 36.4 cm³/mol. The Bertz CT molecular complexity index is 347. The van der Waals surface area contributed by atoms with Gasteiger partial charge in [0.15, 0.2) is 0 Å². The van der Waals surface area contributed by atoms with Gasteiger partial charge in [-0.05, 0) is 0 Å². The molecule has 3 nitrogen and oxygen atoms in total. The third kappa shape index (κ3) is 1.27. The van der Waals surface area contributed by atoms with E-state index in [1.807, 2.05) is 4.98 Å². The van der Waals surface area contributed by atoms with Crippen LogP contribution in [-0.2, 0) is 0 Å². The molecule has 0 saturated carbocycles. The maximum atomic E-state index is 12.5. The monoisotopic (exact) mass is 178 g/mol. The molecule has 0 aromatic carbocycles. The van der Waals surface area contributed by atoms with Crippen molar-refractivity contribution in [1.82, 2.24) is 4.98 Å². The van der Waals surface area contributed by atoms with Crippen LogP contribution in [0.4, 0.5) is 19.0 Å². The molecule has 0 amide bonds.